The molecule has 0 atom stereocenters. The number of hydrogen-bond acceptors (Lipinski definition) is 5. The van der Waals surface area contributed by atoms with E-state index in [1.807, 2.05) is 13.0 Å². The predicted molar refractivity (Wildman–Crippen MR) is 62.6 cm³/mol. The Morgan fingerprint density at radius 3 is 2.80 bits per heavy atom. The van der Waals surface area contributed by atoms with Crippen molar-refractivity contribution in [1.29, 1.82) is 0 Å². The van der Waals surface area contributed by atoms with E-state index in [4.69, 9.17) is 5.84 Å². The third-order valence-electron chi connectivity index (χ3n) is 2.07. The van der Waals surface area contributed by atoms with Crippen LogP contribution in [0, 0.1) is 6.92 Å². The van der Waals surface area contributed by atoms with Crippen molar-refractivity contribution in [3.8, 4) is 0 Å². The minimum absolute atomic E-state index is 0.452. The molecular weight excluding hydrogens is 190 g/mol. The van der Waals surface area contributed by atoms with Crippen LogP contribution in [0.3, 0.4) is 0 Å². The average Bonchev–Trinajstić information content (AvgIpc) is 2.23. The van der Waals surface area contributed by atoms with Crippen LogP contribution in [-0.4, -0.2) is 16.5 Å². The molecule has 0 amide bonds. The second kappa shape index (κ2) is 6.19. The Balaban J connectivity index is 2.49. The van der Waals surface area contributed by atoms with Gasteiger partial charge in [0.15, 0.2) is 0 Å². The van der Waals surface area contributed by atoms with Crippen molar-refractivity contribution in [2.45, 2.75) is 33.1 Å². The van der Waals surface area contributed by atoms with Crippen LogP contribution in [0.5, 0.6) is 0 Å². The molecule has 1 aromatic rings. The van der Waals surface area contributed by atoms with Crippen LogP contribution in [0.1, 0.15) is 31.9 Å². The molecule has 0 aliphatic carbocycles. The van der Waals surface area contributed by atoms with Crippen LogP contribution in [0.2, 0.25) is 0 Å². The summed E-state index contributed by atoms with van der Waals surface area (Å²) in [6, 6.07) is 1.91. The maximum absolute atomic E-state index is 5.26. The van der Waals surface area contributed by atoms with E-state index in [0.717, 1.165) is 24.5 Å². The van der Waals surface area contributed by atoms with Gasteiger partial charge in [-0.2, -0.15) is 4.98 Å². The molecule has 0 aliphatic rings. The van der Waals surface area contributed by atoms with Gasteiger partial charge in [-0.1, -0.05) is 19.8 Å². The van der Waals surface area contributed by atoms with Crippen LogP contribution < -0.4 is 16.6 Å². The number of unbranched alkanes of at least 4 members (excludes halogenated alkanes) is 2. The average molecular weight is 209 g/mol. The molecule has 0 unspecified atom stereocenters. The molecule has 0 radical (unpaired) electrons. The van der Waals surface area contributed by atoms with E-state index in [1.165, 1.54) is 12.8 Å². The molecule has 5 heteroatoms. The van der Waals surface area contributed by atoms with Gasteiger partial charge in [0.25, 0.3) is 0 Å². The van der Waals surface area contributed by atoms with Gasteiger partial charge in [0.2, 0.25) is 5.95 Å². The SMILES string of the molecule is CCCCCNc1cc(C)nc(NN)n1. The van der Waals surface area contributed by atoms with Crippen molar-refractivity contribution >= 4 is 11.8 Å². The van der Waals surface area contributed by atoms with Gasteiger partial charge in [-0.15, -0.1) is 0 Å². The molecule has 0 bridgehead atoms. The van der Waals surface area contributed by atoms with E-state index in [0.29, 0.717) is 5.95 Å². The summed E-state index contributed by atoms with van der Waals surface area (Å²) in [6.45, 7) is 5.04. The quantitative estimate of drug-likeness (QED) is 0.377. The van der Waals surface area contributed by atoms with E-state index >= 15 is 0 Å². The van der Waals surface area contributed by atoms with E-state index in [2.05, 4.69) is 27.6 Å². The Kier molecular flexibility index (Phi) is 4.83. The summed E-state index contributed by atoms with van der Waals surface area (Å²) in [7, 11) is 0. The number of hydrogen-bond donors (Lipinski definition) is 3. The summed E-state index contributed by atoms with van der Waals surface area (Å²) < 4.78 is 0. The first-order valence-corrected chi connectivity index (χ1v) is 5.32. The molecule has 1 aromatic heterocycles. The first-order chi connectivity index (χ1) is 7.26. The zero-order chi connectivity index (χ0) is 11.1. The summed E-state index contributed by atoms with van der Waals surface area (Å²) in [5.74, 6) is 6.54. The Morgan fingerprint density at radius 1 is 1.33 bits per heavy atom. The van der Waals surface area contributed by atoms with Crippen molar-refractivity contribution in [2.75, 3.05) is 17.3 Å². The van der Waals surface area contributed by atoms with Gasteiger partial charge >= 0.3 is 0 Å². The van der Waals surface area contributed by atoms with E-state index < -0.39 is 0 Å². The van der Waals surface area contributed by atoms with Gasteiger partial charge < -0.3 is 5.32 Å². The first-order valence-electron chi connectivity index (χ1n) is 5.32. The van der Waals surface area contributed by atoms with Crippen LogP contribution in [0.25, 0.3) is 0 Å². The third kappa shape index (κ3) is 4.12. The maximum Gasteiger partial charge on any atom is 0.239 e. The Morgan fingerprint density at radius 2 is 2.13 bits per heavy atom. The molecule has 1 rings (SSSR count). The van der Waals surface area contributed by atoms with Crippen LogP contribution in [0.15, 0.2) is 6.07 Å². The maximum atomic E-state index is 5.26. The minimum Gasteiger partial charge on any atom is -0.370 e. The molecule has 0 saturated heterocycles. The fraction of sp³-hybridized carbons (Fsp3) is 0.600. The van der Waals surface area contributed by atoms with E-state index in [1.54, 1.807) is 0 Å². The third-order valence-corrected chi connectivity index (χ3v) is 2.07. The zero-order valence-electron chi connectivity index (χ0n) is 9.38. The summed E-state index contributed by atoms with van der Waals surface area (Å²) in [4.78, 5) is 8.30. The molecule has 0 spiro atoms. The smallest absolute Gasteiger partial charge is 0.239 e. The molecule has 0 aliphatic heterocycles. The molecule has 15 heavy (non-hydrogen) atoms. The number of aryl methyl sites for hydroxylation is 1. The van der Waals surface area contributed by atoms with E-state index in [9.17, 15) is 0 Å². The molecule has 84 valence electrons. The van der Waals surface area contributed by atoms with Gasteiger partial charge in [-0.05, 0) is 13.3 Å². The molecule has 0 aromatic carbocycles. The topological polar surface area (TPSA) is 75.9 Å². The zero-order valence-corrected chi connectivity index (χ0v) is 9.38. The lowest BCUT2D eigenvalue weighted by Crippen LogP contribution is -2.13. The highest BCUT2D eigenvalue weighted by Crippen LogP contribution is 2.08. The van der Waals surface area contributed by atoms with Crippen molar-refractivity contribution in [2.24, 2.45) is 5.84 Å². The summed E-state index contributed by atoms with van der Waals surface area (Å²) in [6.07, 6.45) is 3.62. The fourth-order valence-corrected chi connectivity index (χ4v) is 1.32. The molecular formula is C10H19N5. The number of nitrogen functional groups attached to an aromatic ring is 1. The van der Waals surface area contributed by atoms with Crippen molar-refractivity contribution < 1.29 is 0 Å². The molecule has 1 heterocycles. The largest absolute Gasteiger partial charge is 0.370 e. The van der Waals surface area contributed by atoms with Gasteiger partial charge in [-0.3, -0.25) is 5.43 Å². The number of rotatable bonds is 6. The monoisotopic (exact) mass is 209 g/mol. The lowest BCUT2D eigenvalue weighted by Gasteiger charge is -2.07. The first kappa shape index (κ1) is 11.7. The normalized spacial score (nSPS) is 10.1. The van der Waals surface area contributed by atoms with Crippen molar-refractivity contribution in [1.82, 2.24) is 9.97 Å². The summed E-state index contributed by atoms with van der Waals surface area (Å²) >= 11 is 0. The summed E-state index contributed by atoms with van der Waals surface area (Å²) in [5, 5.41) is 3.25. The molecule has 0 fully saturated rings. The number of anilines is 2. The van der Waals surface area contributed by atoms with Crippen molar-refractivity contribution in [3.05, 3.63) is 11.8 Å². The highest BCUT2D eigenvalue weighted by molar-refractivity contribution is 5.41. The Labute approximate surface area is 90.5 Å². The Hall–Kier alpha value is -1.36. The standard InChI is InChI=1S/C10H19N5/c1-3-4-5-6-12-9-7-8(2)13-10(14-9)15-11/h7H,3-6,11H2,1-2H3,(H2,12,13,14,15). The second-order valence-corrected chi connectivity index (χ2v) is 3.50. The molecule has 5 nitrogen and oxygen atoms in total. The Bertz CT molecular complexity index is 300. The highest BCUT2D eigenvalue weighted by atomic mass is 15.3. The molecule has 4 N–H and O–H groups in total. The van der Waals surface area contributed by atoms with Crippen LogP contribution >= 0.6 is 0 Å². The van der Waals surface area contributed by atoms with Gasteiger partial charge in [0.05, 0.1) is 0 Å². The highest BCUT2D eigenvalue weighted by Gasteiger charge is 1.99. The van der Waals surface area contributed by atoms with Crippen molar-refractivity contribution in [3.63, 3.8) is 0 Å². The lowest BCUT2D eigenvalue weighted by molar-refractivity contribution is 0.742. The summed E-state index contributed by atoms with van der Waals surface area (Å²) in [5.41, 5.74) is 3.35. The minimum atomic E-state index is 0.452. The fourth-order valence-electron chi connectivity index (χ4n) is 1.32. The number of nitrogens with one attached hydrogen (secondary N) is 2. The predicted octanol–water partition coefficient (Wildman–Crippen LogP) is 1.67. The lowest BCUT2D eigenvalue weighted by atomic mass is 10.2. The number of hydrazine groups is 1. The number of nitrogens with zero attached hydrogens (tertiary/aromatic N) is 2. The second-order valence-electron chi connectivity index (χ2n) is 3.50. The van der Waals surface area contributed by atoms with Crippen LogP contribution in [-0.2, 0) is 0 Å². The van der Waals surface area contributed by atoms with Crippen LogP contribution in [0.4, 0.5) is 11.8 Å². The van der Waals surface area contributed by atoms with Gasteiger partial charge in [0, 0.05) is 18.3 Å². The number of aromatic nitrogens is 2. The molecule has 0 saturated carbocycles. The number of nitrogens with two attached hydrogens (primary N) is 1. The van der Waals surface area contributed by atoms with Gasteiger partial charge in [0.1, 0.15) is 5.82 Å². The van der Waals surface area contributed by atoms with Gasteiger partial charge in [-0.25, -0.2) is 10.8 Å². The van der Waals surface area contributed by atoms with E-state index in [-0.39, 0.29) is 0 Å².